The molecular formula is C50H59BrF2N11O5P. The minimum Gasteiger partial charge on any atom is -0.494 e. The van der Waals surface area contributed by atoms with Crippen LogP contribution in [0, 0.1) is 17.6 Å². The number of hydrogen-bond donors (Lipinski definition) is 6. The summed E-state index contributed by atoms with van der Waals surface area (Å²) in [6.45, 7) is 9.16. The van der Waals surface area contributed by atoms with Crippen molar-refractivity contribution < 1.29 is 32.5 Å². The molecule has 3 aromatic carbocycles. The van der Waals surface area contributed by atoms with Crippen LogP contribution in [0.4, 0.5) is 49.1 Å². The van der Waals surface area contributed by atoms with Crippen molar-refractivity contribution in [2.75, 3.05) is 85.5 Å². The quantitative estimate of drug-likeness (QED) is 0.0302. The van der Waals surface area contributed by atoms with Crippen LogP contribution in [0.25, 0.3) is 10.9 Å². The van der Waals surface area contributed by atoms with Crippen LogP contribution < -0.4 is 51.7 Å². The monoisotopic (exact) mass is 1040 g/mol. The van der Waals surface area contributed by atoms with Gasteiger partial charge in [0.2, 0.25) is 23.7 Å². The molecule has 3 amide bonds. The maximum absolute atomic E-state index is 15.2. The summed E-state index contributed by atoms with van der Waals surface area (Å²) in [6.07, 6.45) is 7.18. The Kier molecular flexibility index (Phi) is 14.6. The van der Waals surface area contributed by atoms with Crippen molar-refractivity contribution in [2.24, 2.45) is 5.92 Å². The number of hydrogen-bond acceptors (Lipinski definition) is 14. The molecule has 70 heavy (non-hydrogen) atoms. The number of pyridine rings is 1. The van der Waals surface area contributed by atoms with Crippen molar-refractivity contribution >= 4 is 97.3 Å². The molecule has 5 aromatic rings. The number of carbonyl (C=O) groups is 3. The first-order chi connectivity index (χ1) is 33.6. The summed E-state index contributed by atoms with van der Waals surface area (Å²) in [4.78, 5) is 55.4. The van der Waals surface area contributed by atoms with E-state index in [-0.39, 0.29) is 36.3 Å². The van der Waals surface area contributed by atoms with Crippen LogP contribution in [-0.4, -0.2) is 104 Å². The highest BCUT2D eigenvalue weighted by Gasteiger charge is 2.35. The zero-order valence-corrected chi connectivity index (χ0v) is 42.2. The van der Waals surface area contributed by atoms with Crippen LogP contribution >= 0.6 is 23.1 Å². The van der Waals surface area contributed by atoms with E-state index in [0.29, 0.717) is 77.3 Å². The Hall–Kier alpha value is -5.91. The summed E-state index contributed by atoms with van der Waals surface area (Å²) in [5.74, 6) is -2.00. The van der Waals surface area contributed by atoms with Gasteiger partial charge in [0, 0.05) is 97.7 Å². The lowest BCUT2D eigenvalue weighted by Gasteiger charge is -2.35. The molecule has 1 aliphatic carbocycles. The molecule has 4 fully saturated rings. The normalized spacial score (nSPS) is 18.8. The fourth-order valence-electron chi connectivity index (χ4n) is 9.80. The first kappa shape index (κ1) is 49.1. The number of fused-ring (bicyclic) bond motifs is 1. The molecule has 0 bridgehead atoms. The summed E-state index contributed by atoms with van der Waals surface area (Å²) in [7, 11) is -1.14. The molecular weight excluding hydrogens is 983 g/mol. The smallest absolute Gasteiger partial charge is 0.234 e. The molecule has 16 nitrogen and oxygen atoms in total. The zero-order chi connectivity index (χ0) is 49.3. The third-order valence-corrected chi connectivity index (χ3v) is 15.7. The van der Waals surface area contributed by atoms with Gasteiger partial charge < -0.3 is 45.7 Å². The molecule has 2 atom stereocenters. The maximum atomic E-state index is 15.2. The van der Waals surface area contributed by atoms with Gasteiger partial charge in [-0.1, -0.05) is 6.92 Å². The largest absolute Gasteiger partial charge is 0.494 e. The Bertz CT molecular complexity index is 2850. The SMILES string of the molecule is CCc1cc(Nc2ncc(Br)c(Nc3ccc4nc(NC5CC5)ccc4c3P(C)(C)=O)n2)c(OC)cc1N1CCC(NCCNC(=O)[C@@H]2CCN(c3cc(F)c([C@H]4CCC(=O)NC4=O)c(F)c3)C2)CC1. The predicted molar refractivity (Wildman–Crippen MR) is 274 cm³/mol. The van der Waals surface area contributed by atoms with Crippen LogP contribution in [0.5, 0.6) is 5.75 Å². The molecule has 20 heteroatoms. The van der Waals surface area contributed by atoms with Crippen LogP contribution in [-0.2, 0) is 25.4 Å². The standard InChI is InChI=1S/C50H59BrF2N11O5P/c1-5-28-22-40(60-50-56-26-35(51)47(62-50)59-39-11-10-38-33(46(39)70(3,4)68)8-12-43(58-38)57-31-6-7-31)42(69-2)25-41(28)63-20-15-30(16-21-63)54-17-18-55-48(66)29-14-19-64(27-29)32-23-36(52)45(37(53)24-32)34-9-13-44(65)61-49(34)67/h8,10-12,22-26,29-31,34,54H,5-7,9,13-21,27H2,1-4H3,(H,55,66)(H,57,58)(H,61,65,67)(H2,56,59,60,62)/t29-,34-/m1/s1. The number of methoxy groups -OCH3 is 1. The molecule has 4 aliphatic rings. The zero-order valence-electron chi connectivity index (χ0n) is 39.8. The average molecular weight is 1040 g/mol. The van der Waals surface area contributed by atoms with E-state index in [2.05, 4.69) is 76.8 Å². The van der Waals surface area contributed by atoms with Crippen molar-refractivity contribution in [3.8, 4) is 5.75 Å². The number of anilines is 7. The molecule has 3 saturated heterocycles. The third kappa shape index (κ3) is 11.0. The van der Waals surface area contributed by atoms with E-state index in [0.717, 1.165) is 78.9 Å². The number of aromatic nitrogens is 3. The van der Waals surface area contributed by atoms with Crippen LogP contribution in [0.15, 0.2) is 59.2 Å². The Labute approximate surface area is 414 Å². The van der Waals surface area contributed by atoms with Gasteiger partial charge in [0.15, 0.2) is 0 Å². The van der Waals surface area contributed by atoms with E-state index < -0.39 is 36.5 Å². The predicted octanol–water partition coefficient (Wildman–Crippen LogP) is 7.67. The number of aryl methyl sites for hydroxylation is 1. The average Bonchev–Trinajstić information content (AvgIpc) is 4.01. The molecule has 9 rings (SSSR count). The number of piperidine rings is 2. The number of halogens is 3. The van der Waals surface area contributed by atoms with Crippen molar-refractivity contribution in [1.82, 2.24) is 30.9 Å². The summed E-state index contributed by atoms with van der Waals surface area (Å²) in [5, 5.41) is 20.6. The number of benzene rings is 3. The molecule has 0 spiro atoms. The Balaban J connectivity index is 0.770. The highest BCUT2D eigenvalue weighted by molar-refractivity contribution is 9.10. The fourth-order valence-corrected chi connectivity index (χ4v) is 11.6. The highest BCUT2D eigenvalue weighted by atomic mass is 79.9. The molecule has 3 aliphatic heterocycles. The molecule has 370 valence electrons. The van der Waals surface area contributed by atoms with Gasteiger partial charge in [-0.25, -0.2) is 18.7 Å². The topological polar surface area (TPSA) is 195 Å². The Morgan fingerprint density at radius 1 is 0.900 bits per heavy atom. The second-order valence-electron chi connectivity index (χ2n) is 18.9. The van der Waals surface area contributed by atoms with E-state index in [4.69, 9.17) is 14.7 Å². The fraction of sp³-hybridized carbons (Fsp3) is 0.440. The molecule has 0 radical (unpaired) electrons. The van der Waals surface area contributed by atoms with Gasteiger partial charge in [-0.05, 0) is 122 Å². The summed E-state index contributed by atoms with van der Waals surface area (Å²) >= 11 is 3.62. The van der Waals surface area contributed by atoms with E-state index in [1.54, 1.807) is 31.5 Å². The van der Waals surface area contributed by atoms with E-state index in [1.165, 1.54) is 12.1 Å². The van der Waals surface area contributed by atoms with Gasteiger partial charge in [0.1, 0.15) is 36.2 Å². The van der Waals surface area contributed by atoms with E-state index in [9.17, 15) is 18.9 Å². The van der Waals surface area contributed by atoms with Crippen LogP contribution in [0.3, 0.4) is 0 Å². The van der Waals surface area contributed by atoms with Gasteiger partial charge in [0.25, 0.3) is 0 Å². The van der Waals surface area contributed by atoms with Crippen molar-refractivity contribution in [3.05, 3.63) is 82.0 Å². The van der Waals surface area contributed by atoms with Crippen LogP contribution in [0.1, 0.15) is 68.9 Å². The van der Waals surface area contributed by atoms with E-state index >= 15 is 8.78 Å². The Morgan fingerprint density at radius 3 is 2.36 bits per heavy atom. The van der Waals surface area contributed by atoms with Crippen molar-refractivity contribution in [2.45, 2.75) is 76.3 Å². The van der Waals surface area contributed by atoms with Crippen LogP contribution in [0.2, 0.25) is 0 Å². The lowest BCUT2D eigenvalue weighted by molar-refractivity contribution is -0.134. The molecule has 0 unspecified atom stereocenters. The van der Waals surface area contributed by atoms with Gasteiger partial charge >= 0.3 is 0 Å². The van der Waals surface area contributed by atoms with E-state index in [1.807, 2.05) is 24.3 Å². The number of nitrogens with one attached hydrogen (secondary N) is 6. The maximum Gasteiger partial charge on any atom is 0.234 e. The first-order valence-electron chi connectivity index (χ1n) is 24.0. The summed E-state index contributed by atoms with van der Waals surface area (Å²) in [6, 6.07) is 15.1. The van der Waals surface area contributed by atoms with Gasteiger partial charge in [-0.2, -0.15) is 4.98 Å². The second kappa shape index (κ2) is 20.8. The minimum absolute atomic E-state index is 0.0202. The highest BCUT2D eigenvalue weighted by Crippen LogP contribution is 2.43. The summed E-state index contributed by atoms with van der Waals surface area (Å²) < 4.78 is 50.8. The number of ether oxygens (including phenoxy) is 1. The number of carbonyl (C=O) groups excluding carboxylic acids is 3. The first-order valence-corrected chi connectivity index (χ1v) is 27.4. The van der Waals surface area contributed by atoms with Crippen molar-refractivity contribution in [3.63, 3.8) is 0 Å². The third-order valence-electron chi connectivity index (χ3n) is 13.6. The number of imide groups is 1. The molecule has 2 aromatic heterocycles. The number of amides is 3. The molecule has 5 heterocycles. The lowest BCUT2D eigenvalue weighted by atomic mass is 9.89. The lowest BCUT2D eigenvalue weighted by Crippen LogP contribution is -2.45. The number of rotatable bonds is 17. The molecule has 1 saturated carbocycles. The van der Waals surface area contributed by atoms with Crippen molar-refractivity contribution in [1.29, 1.82) is 0 Å². The summed E-state index contributed by atoms with van der Waals surface area (Å²) in [5.41, 5.74) is 4.41. The molecule has 6 N–H and O–H groups in total. The minimum atomic E-state index is -2.78. The van der Waals surface area contributed by atoms with Gasteiger partial charge in [0.05, 0.1) is 40.3 Å². The Morgan fingerprint density at radius 2 is 1.66 bits per heavy atom. The van der Waals surface area contributed by atoms with Gasteiger partial charge in [-0.3, -0.25) is 19.7 Å². The number of nitrogens with zero attached hydrogens (tertiary/aromatic N) is 5. The van der Waals surface area contributed by atoms with Gasteiger partial charge in [-0.15, -0.1) is 0 Å². The second-order valence-corrected chi connectivity index (χ2v) is 22.9.